The maximum absolute atomic E-state index is 12.9. The molecule has 0 heterocycles. The van der Waals surface area contributed by atoms with E-state index in [0.717, 1.165) is 0 Å². The molecule has 0 spiro atoms. The van der Waals surface area contributed by atoms with Crippen LogP contribution in [0.15, 0.2) is 29.2 Å². The molecule has 0 fully saturated rings. The van der Waals surface area contributed by atoms with Crippen molar-refractivity contribution >= 4 is 15.7 Å². The van der Waals surface area contributed by atoms with Gasteiger partial charge in [-0.05, 0) is 30.4 Å². The lowest BCUT2D eigenvalue weighted by Crippen LogP contribution is -2.37. The molecule has 0 aliphatic carbocycles. The number of carbonyl (C=O) groups excluding carboxylic acids is 1. The number of benzene rings is 1. The van der Waals surface area contributed by atoms with Crippen LogP contribution in [0.3, 0.4) is 0 Å². The zero-order valence-electron chi connectivity index (χ0n) is 14.9. The van der Waals surface area contributed by atoms with Crippen LogP contribution >= 0.6 is 0 Å². The molecule has 0 aromatic heterocycles. The van der Waals surface area contributed by atoms with Crippen LogP contribution in [0, 0.1) is 11.8 Å². The van der Waals surface area contributed by atoms with Gasteiger partial charge in [-0.2, -0.15) is 0 Å². The van der Waals surface area contributed by atoms with Gasteiger partial charge in [0.05, 0.1) is 16.2 Å². The fourth-order valence-electron chi connectivity index (χ4n) is 2.59. The molecule has 1 aromatic rings. The van der Waals surface area contributed by atoms with Gasteiger partial charge >= 0.3 is 0 Å². The number of nitrogens with zero attached hydrogens (tertiary/aromatic N) is 1. The highest BCUT2D eigenvalue weighted by atomic mass is 32.2. The van der Waals surface area contributed by atoms with Crippen molar-refractivity contribution in [3.8, 4) is 0 Å². The van der Waals surface area contributed by atoms with Crippen molar-refractivity contribution < 1.29 is 13.2 Å². The Balaban J connectivity index is 3.25. The normalized spacial score (nSPS) is 12.0. The summed E-state index contributed by atoms with van der Waals surface area (Å²) in [6.45, 7) is 11.3. The van der Waals surface area contributed by atoms with E-state index in [1.807, 2.05) is 6.92 Å². The van der Waals surface area contributed by atoms with E-state index in [1.54, 1.807) is 29.2 Å². The molecule has 5 heteroatoms. The zero-order chi connectivity index (χ0) is 17.6. The van der Waals surface area contributed by atoms with Crippen molar-refractivity contribution in [3.63, 3.8) is 0 Å². The van der Waals surface area contributed by atoms with E-state index in [1.165, 1.54) is 0 Å². The van der Waals surface area contributed by atoms with E-state index in [0.29, 0.717) is 36.9 Å². The summed E-state index contributed by atoms with van der Waals surface area (Å²) in [5.41, 5.74) is 0.294. The molecule has 0 radical (unpaired) electrons. The lowest BCUT2D eigenvalue weighted by atomic mass is 10.1. The van der Waals surface area contributed by atoms with Crippen LogP contribution in [0.5, 0.6) is 0 Å². The quantitative estimate of drug-likeness (QED) is 0.727. The Hall–Kier alpha value is -1.36. The monoisotopic (exact) mass is 339 g/mol. The first-order chi connectivity index (χ1) is 10.7. The summed E-state index contributed by atoms with van der Waals surface area (Å²) in [4.78, 5) is 14.9. The molecule has 0 saturated carbocycles. The molecule has 1 rings (SSSR count). The largest absolute Gasteiger partial charge is 0.338 e. The summed E-state index contributed by atoms with van der Waals surface area (Å²) >= 11 is 0. The Labute approximate surface area is 140 Å². The molecule has 0 aliphatic heterocycles. The van der Waals surface area contributed by atoms with E-state index in [2.05, 4.69) is 27.7 Å². The number of rotatable bonds is 8. The number of hydrogen-bond acceptors (Lipinski definition) is 3. The Morgan fingerprint density at radius 1 is 1.04 bits per heavy atom. The van der Waals surface area contributed by atoms with Gasteiger partial charge in [-0.3, -0.25) is 4.79 Å². The Kier molecular flexibility index (Phi) is 7.26. The summed E-state index contributed by atoms with van der Waals surface area (Å²) in [5.74, 6) is 0.531. The van der Waals surface area contributed by atoms with Gasteiger partial charge in [-0.15, -0.1) is 0 Å². The van der Waals surface area contributed by atoms with Crippen molar-refractivity contribution in [2.24, 2.45) is 11.8 Å². The van der Waals surface area contributed by atoms with Crippen LogP contribution in [0.25, 0.3) is 0 Å². The van der Waals surface area contributed by atoms with Gasteiger partial charge in [-0.25, -0.2) is 8.42 Å². The van der Waals surface area contributed by atoms with Crippen molar-refractivity contribution in [2.45, 2.75) is 45.9 Å². The van der Waals surface area contributed by atoms with Gasteiger partial charge in [-0.1, -0.05) is 46.8 Å². The average molecular weight is 340 g/mol. The fourth-order valence-corrected chi connectivity index (χ4v) is 4.12. The standard InChI is InChI=1S/C18H29NO3S/c1-6-11-23(21,22)17-10-8-7-9-16(17)18(20)19(12-14(2)3)13-15(4)5/h7-10,14-15H,6,11-13H2,1-5H3. The van der Waals surface area contributed by atoms with E-state index < -0.39 is 9.84 Å². The van der Waals surface area contributed by atoms with Gasteiger partial charge in [0.25, 0.3) is 5.91 Å². The maximum Gasteiger partial charge on any atom is 0.255 e. The molecule has 0 aliphatic rings. The number of amides is 1. The van der Waals surface area contributed by atoms with Crippen LogP contribution < -0.4 is 0 Å². The molecule has 0 saturated heterocycles. The minimum atomic E-state index is -3.42. The first kappa shape index (κ1) is 19.7. The SMILES string of the molecule is CCCS(=O)(=O)c1ccccc1C(=O)N(CC(C)C)CC(C)C. The van der Waals surface area contributed by atoms with Crippen molar-refractivity contribution in [2.75, 3.05) is 18.8 Å². The highest BCUT2D eigenvalue weighted by Crippen LogP contribution is 2.20. The van der Waals surface area contributed by atoms with Gasteiger partial charge in [0, 0.05) is 13.1 Å². The van der Waals surface area contributed by atoms with E-state index in [9.17, 15) is 13.2 Å². The smallest absolute Gasteiger partial charge is 0.255 e. The topological polar surface area (TPSA) is 54.5 Å². The first-order valence-corrected chi connectivity index (χ1v) is 9.95. The van der Waals surface area contributed by atoms with Crippen molar-refractivity contribution in [3.05, 3.63) is 29.8 Å². The molecular formula is C18H29NO3S. The van der Waals surface area contributed by atoms with E-state index in [-0.39, 0.29) is 16.6 Å². The average Bonchev–Trinajstić information content (AvgIpc) is 2.45. The molecule has 0 N–H and O–H groups in total. The Morgan fingerprint density at radius 2 is 1.57 bits per heavy atom. The second kappa shape index (κ2) is 8.48. The summed E-state index contributed by atoms with van der Waals surface area (Å²) in [6.07, 6.45) is 0.534. The molecule has 130 valence electrons. The van der Waals surface area contributed by atoms with Crippen LogP contribution in [0.1, 0.15) is 51.4 Å². The second-order valence-corrected chi connectivity index (χ2v) is 8.89. The van der Waals surface area contributed by atoms with E-state index in [4.69, 9.17) is 0 Å². The summed E-state index contributed by atoms with van der Waals surface area (Å²) in [6, 6.07) is 6.56. The van der Waals surface area contributed by atoms with Crippen LogP contribution in [-0.2, 0) is 9.84 Å². The molecule has 4 nitrogen and oxygen atoms in total. The van der Waals surface area contributed by atoms with Crippen molar-refractivity contribution in [1.82, 2.24) is 4.90 Å². The molecule has 1 amide bonds. The predicted molar refractivity (Wildman–Crippen MR) is 94.4 cm³/mol. The van der Waals surface area contributed by atoms with Crippen LogP contribution in [0.4, 0.5) is 0 Å². The number of hydrogen-bond donors (Lipinski definition) is 0. The first-order valence-electron chi connectivity index (χ1n) is 8.30. The maximum atomic E-state index is 12.9. The number of sulfone groups is 1. The Bertz CT molecular complexity index is 611. The molecule has 23 heavy (non-hydrogen) atoms. The summed E-state index contributed by atoms with van der Waals surface area (Å²) < 4.78 is 24.9. The highest BCUT2D eigenvalue weighted by Gasteiger charge is 2.25. The third-order valence-electron chi connectivity index (χ3n) is 3.38. The van der Waals surface area contributed by atoms with Crippen LogP contribution in [-0.4, -0.2) is 38.1 Å². The van der Waals surface area contributed by atoms with Crippen molar-refractivity contribution in [1.29, 1.82) is 0 Å². The second-order valence-electron chi connectivity index (χ2n) is 6.81. The molecule has 0 bridgehead atoms. The Morgan fingerprint density at radius 3 is 2.04 bits per heavy atom. The minimum Gasteiger partial charge on any atom is -0.338 e. The van der Waals surface area contributed by atoms with Gasteiger partial charge in [0.15, 0.2) is 9.84 Å². The fraction of sp³-hybridized carbons (Fsp3) is 0.611. The summed E-state index contributed by atoms with van der Waals surface area (Å²) in [7, 11) is -3.42. The summed E-state index contributed by atoms with van der Waals surface area (Å²) in [5, 5.41) is 0. The third-order valence-corrected chi connectivity index (χ3v) is 5.36. The lowest BCUT2D eigenvalue weighted by molar-refractivity contribution is 0.0711. The van der Waals surface area contributed by atoms with Gasteiger partial charge in [0.2, 0.25) is 0 Å². The third kappa shape index (κ3) is 5.65. The number of carbonyl (C=O) groups is 1. The lowest BCUT2D eigenvalue weighted by Gasteiger charge is -2.27. The molecule has 0 atom stereocenters. The molecular weight excluding hydrogens is 310 g/mol. The van der Waals surface area contributed by atoms with Gasteiger partial charge in [0.1, 0.15) is 0 Å². The highest BCUT2D eigenvalue weighted by molar-refractivity contribution is 7.91. The van der Waals surface area contributed by atoms with Crippen LogP contribution in [0.2, 0.25) is 0 Å². The van der Waals surface area contributed by atoms with E-state index >= 15 is 0 Å². The predicted octanol–water partition coefficient (Wildman–Crippen LogP) is 3.62. The molecule has 0 unspecified atom stereocenters. The van der Waals surface area contributed by atoms with Gasteiger partial charge < -0.3 is 4.90 Å². The molecule has 1 aromatic carbocycles. The minimum absolute atomic E-state index is 0.0612. The zero-order valence-corrected chi connectivity index (χ0v) is 15.7.